The number of hydrogen-bond acceptors (Lipinski definition) is 4. The van der Waals surface area contributed by atoms with Crippen LogP contribution in [0.5, 0.6) is 0 Å². The van der Waals surface area contributed by atoms with E-state index in [1.807, 2.05) is 6.92 Å². The molecule has 1 saturated carbocycles. The van der Waals surface area contributed by atoms with E-state index in [1.54, 1.807) is 7.11 Å². The van der Waals surface area contributed by atoms with Crippen molar-refractivity contribution in [3.05, 3.63) is 0 Å². The van der Waals surface area contributed by atoms with Crippen molar-refractivity contribution in [2.24, 2.45) is 0 Å². The van der Waals surface area contributed by atoms with Crippen LogP contribution >= 0.6 is 0 Å². The molecule has 0 aromatic heterocycles. The molecule has 0 aliphatic heterocycles. The Bertz CT molecular complexity index is 302. The van der Waals surface area contributed by atoms with Gasteiger partial charge in [0, 0.05) is 25.4 Å². The van der Waals surface area contributed by atoms with Gasteiger partial charge in [0.1, 0.15) is 9.84 Å². The molecule has 0 radical (unpaired) electrons. The third-order valence-corrected chi connectivity index (χ3v) is 4.16. The first kappa shape index (κ1) is 13.9. The fourth-order valence-electron chi connectivity index (χ4n) is 2.44. The molecule has 3 unspecified atom stereocenters. The topological polar surface area (TPSA) is 55.4 Å². The van der Waals surface area contributed by atoms with Crippen molar-refractivity contribution in [2.75, 3.05) is 19.1 Å². The first-order valence-corrected chi connectivity index (χ1v) is 7.95. The number of ether oxygens (including phenoxy) is 1. The summed E-state index contributed by atoms with van der Waals surface area (Å²) in [4.78, 5) is 0. The standard InChI is InChI=1S/C11H23NO3S/c1-9(8-16(3,13)14)12-10-6-4-5-7-11(10)15-2/h9-12H,4-8H2,1-3H3. The zero-order valence-electron chi connectivity index (χ0n) is 10.4. The summed E-state index contributed by atoms with van der Waals surface area (Å²) in [6.45, 7) is 1.92. The van der Waals surface area contributed by atoms with E-state index in [1.165, 1.54) is 19.1 Å². The van der Waals surface area contributed by atoms with Crippen molar-refractivity contribution < 1.29 is 13.2 Å². The van der Waals surface area contributed by atoms with Gasteiger partial charge in [-0.15, -0.1) is 0 Å². The molecule has 1 fully saturated rings. The SMILES string of the molecule is COC1CCCCC1NC(C)CS(C)(=O)=O. The van der Waals surface area contributed by atoms with Crippen molar-refractivity contribution in [3.63, 3.8) is 0 Å². The van der Waals surface area contributed by atoms with Crippen LogP contribution in [0.1, 0.15) is 32.6 Å². The molecule has 0 spiro atoms. The van der Waals surface area contributed by atoms with Gasteiger partial charge in [0.15, 0.2) is 0 Å². The molecule has 0 aromatic rings. The quantitative estimate of drug-likeness (QED) is 0.789. The first-order valence-electron chi connectivity index (χ1n) is 5.89. The molecule has 4 nitrogen and oxygen atoms in total. The molecule has 1 aliphatic rings. The summed E-state index contributed by atoms with van der Waals surface area (Å²) in [6.07, 6.45) is 6.06. The van der Waals surface area contributed by atoms with Gasteiger partial charge in [-0.3, -0.25) is 0 Å². The van der Waals surface area contributed by atoms with E-state index in [2.05, 4.69) is 5.32 Å². The zero-order chi connectivity index (χ0) is 12.2. The van der Waals surface area contributed by atoms with Gasteiger partial charge in [0.05, 0.1) is 11.9 Å². The first-order chi connectivity index (χ1) is 7.42. The van der Waals surface area contributed by atoms with Crippen LogP contribution in [0.2, 0.25) is 0 Å². The maximum absolute atomic E-state index is 11.2. The average molecular weight is 249 g/mol. The van der Waals surface area contributed by atoms with Crippen LogP contribution in [0, 0.1) is 0 Å². The third kappa shape index (κ3) is 4.80. The highest BCUT2D eigenvalue weighted by Crippen LogP contribution is 2.21. The van der Waals surface area contributed by atoms with E-state index >= 15 is 0 Å². The van der Waals surface area contributed by atoms with Gasteiger partial charge in [-0.05, 0) is 19.8 Å². The van der Waals surface area contributed by atoms with Crippen LogP contribution in [0.4, 0.5) is 0 Å². The summed E-state index contributed by atoms with van der Waals surface area (Å²) >= 11 is 0. The van der Waals surface area contributed by atoms with E-state index in [0.717, 1.165) is 12.8 Å². The average Bonchev–Trinajstić information content (AvgIpc) is 2.15. The highest BCUT2D eigenvalue weighted by Gasteiger charge is 2.26. The van der Waals surface area contributed by atoms with Gasteiger partial charge in [-0.25, -0.2) is 8.42 Å². The van der Waals surface area contributed by atoms with E-state index in [0.29, 0.717) is 6.04 Å². The van der Waals surface area contributed by atoms with E-state index < -0.39 is 9.84 Å². The Morgan fingerprint density at radius 2 is 2.00 bits per heavy atom. The van der Waals surface area contributed by atoms with Crippen LogP contribution in [0.3, 0.4) is 0 Å². The fourth-order valence-corrected chi connectivity index (χ4v) is 3.44. The van der Waals surface area contributed by atoms with E-state index in [-0.39, 0.29) is 17.9 Å². The van der Waals surface area contributed by atoms with Crippen molar-refractivity contribution >= 4 is 9.84 Å². The second kappa shape index (κ2) is 5.98. The highest BCUT2D eigenvalue weighted by molar-refractivity contribution is 7.90. The molecule has 0 saturated heterocycles. The summed E-state index contributed by atoms with van der Waals surface area (Å²) in [7, 11) is -1.17. The second-order valence-electron chi connectivity index (χ2n) is 4.83. The lowest BCUT2D eigenvalue weighted by Crippen LogP contribution is -2.48. The van der Waals surface area contributed by atoms with Crippen molar-refractivity contribution in [2.45, 2.75) is 50.8 Å². The molecule has 0 aromatic carbocycles. The zero-order valence-corrected chi connectivity index (χ0v) is 11.2. The molecule has 0 bridgehead atoms. The summed E-state index contributed by atoms with van der Waals surface area (Å²) in [6, 6.07) is 0.297. The second-order valence-corrected chi connectivity index (χ2v) is 7.01. The molecule has 1 N–H and O–H groups in total. The lowest BCUT2D eigenvalue weighted by molar-refractivity contribution is 0.0393. The van der Waals surface area contributed by atoms with Crippen LogP contribution in [-0.4, -0.2) is 45.7 Å². The maximum atomic E-state index is 11.2. The lowest BCUT2D eigenvalue weighted by Gasteiger charge is -2.33. The highest BCUT2D eigenvalue weighted by atomic mass is 32.2. The number of rotatable bonds is 5. The van der Waals surface area contributed by atoms with E-state index in [4.69, 9.17) is 4.74 Å². The largest absolute Gasteiger partial charge is 0.380 e. The minimum atomic E-state index is -2.90. The normalized spacial score (nSPS) is 28.9. The van der Waals surface area contributed by atoms with Gasteiger partial charge in [0.25, 0.3) is 0 Å². The van der Waals surface area contributed by atoms with Gasteiger partial charge < -0.3 is 10.1 Å². The minimum Gasteiger partial charge on any atom is -0.380 e. The Labute approximate surface area is 98.7 Å². The number of nitrogens with one attached hydrogen (secondary N) is 1. The molecular weight excluding hydrogens is 226 g/mol. The minimum absolute atomic E-state index is 0.00394. The predicted octanol–water partition coefficient (Wildman–Crippen LogP) is 0.967. The Balaban J connectivity index is 2.45. The number of sulfone groups is 1. The third-order valence-electron chi connectivity index (χ3n) is 3.06. The summed E-state index contributed by atoms with van der Waals surface area (Å²) in [5.74, 6) is 0.194. The summed E-state index contributed by atoms with van der Waals surface area (Å²) < 4.78 is 27.7. The summed E-state index contributed by atoms with van der Waals surface area (Å²) in [5.41, 5.74) is 0. The molecule has 16 heavy (non-hydrogen) atoms. The smallest absolute Gasteiger partial charge is 0.148 e. The number of hydrogen-bond donors (Lipinski definition) is 1. The Morgan fingerprint density at radius 1 is 1.38 bits per heavy atom. The van der Waals surface area contributed by atoms with Crippen molar-refractivity contribution in [1.82, 2.24) is 5.32 Å². The van der Waals surface area contributed by atoms with Gasteiger partial charge in [-0.1, -0.05) is 12.8 Å². The molecule has 96 valence electrons. The van der Waals surface area contributed by atoms with Gasteiger partial charge in [0.2, 0.25) is 0 Å². The molecule has 5 heteroatoms. The predicted molar refractivity (Wildman–Crippen MR) is 65.4 cm³/mol. The van der Waals surface area contributed by atoms with Crippen molar-refractivity contribution in [1.29, 1.82) is 0 Å². The molecule has 1 rings (SSSR count). The van der Waals surface area contributed by atoms with Crippen LogP contribution in [0.15, 0.2) is 0 Å². The summed E-state index contributed by atoms with van der Waals surface area (Å²) in [5, 5.41) is 3.37. The van der Waals surface area contributed by atoms with Gasteiger partial charge >= 0.3 is 0 Å². The lowest BCUT2D eigenvalue weighted by atomic mass is 9.92. The molecular formula is C11H23NO3S. The monoisotopic (exact) mass is 249 g/mol. The molecule has 1 aliphatic carbocycles. The van der Waals surface area contributed by atoms with Crippen LogP contribution < -0.4 is 5.32 Å². The number of methoxy groups -OCH3 is 1. The van der Waals surface area contributed by atoms with E-state index in [9.17, 15) is 8.42 Å². The van der Waals surface area contributed by atoms with Crippen LogP contribution in [-0.2, 0) is 14.6 Å². The molecule has 3 atom stereocenters. The fraction of sp³-hybridized carbons (Fsp3) is 1.00. The Kier molecular flexibility index (Phi) is 5.21. The van der Waals surface area contributed by atoms with Crippen LogP contribution in [0.25, 0.3) is 0 Å². The Morgan fingerprint density at radius 3 is 2.56 bits per heavy atom. The Hall–Kier alpha value is -0.130. The molecule has 0 heterocycles. The maximum Gasteiger partial charge on any atom is 0.148 e. The molecule has 0 amide bonds. The van der Waals surface area contributed by atoms with Gasteiger partial charge in [-0.2, -0.15) is 0 Å². The van der Waals surface area contributed by atoms with Crippen molar-refractivity contribution in [3.8, 4) is 0 Å².